The van der Waals surface area contributed by atoms with Crippen LogP contribution in [0.1, 0.15) is 5.76 Å². The van der Waals surface area contributed by atoms with Crippen molar-refractivity contribution >= 4 is 33.6 Å². The standard InChI is InChI=1S/C15H15BrFNO3S/c16-13-8-11(17)3-4-14(13)21-9-15(19)18-5-7-22-10-12-2-1-6-20-12/h1-4,6,8H,5,7,9-10H2,(H,18,19). The Kier molecular flexibility index (Phi) is 6.79. The number of rotatable bonds is 8. The van der Waals surface area contributed by atoms with E-state index in [1.807, 2.05) is 12.1 Å². The van der Waals surface area contributed by atoms with Gasteiger partial charge in [0.25, 0.3) is 5.91 Å². The number of carbonyl (C=O) groups is 1. The largest absolute Gasteiger partial charge is 0.483 e. The minimum Gasteiger partial charge on any atom is -0.483 e. The number of furan rings is 1. The Morgan fingerprint density at radius 3 is 3.00 bits per heavy atom. The second kappa shape index (κ2) is 8.85. The molecule has 0 unspecified atom stereocenters. The van der Waals surface area contributed by atoms with Crippen molar-refractivity contribution < 1.29 is 18.3 Å². The molecule has 0 saturated heterocycles. The molecule has 0 aliphatic heterocycles. The molecule has 1 aromatic heterocycles. The summed E-state index contributed by atoms with van der Waals surface area (Å²) in [5.41, 5.74) is 0. The zero-order chi connectivity index (χ0) is 15.8. The fourth-order valence-electron chi connectivity index (χ4n) is 1.62. The van der Waals surface area contributed by atoms with Crippen molar-refractivity contribution in [3.63, 3.8) is 0 Å². The Morgan fingerprint density at radius 1 is 1.41 bits per heavy atom. The van der Waals surface area contributed by atoms with Gasteiger partial charge in [-0.1, -0.05) is 0 Å². The topological polar surface area (TPSA) is 51.5 Å². The maximum Gasteiger partial charge on any atom is 0.257 e. The van der Waals surface area contributed by atoms with Crippen molar-refractivity contribution in [2.45, 2.75) is 5.75 Å². The highest BCUT2D eigenvalue weighted by Gasteiger charge is 2.06. The lowest BCUT2D eigenvalue weighted by molar-refractivity contribution is -0.122. The number of halogens is 2. The molecule has 1 aromatic carbocycles. The molecular formula is C15H15BrFNO3S. The first-order chi connectivity index (χ1) is 10.6. The summed E-state index contributed by atoms with van der Waals surface area (Å²) in [5, 5.41) is 2.76. The Bertz CT molecular complexity index is 607. The van der Waals surface area contributed by atoms with Gasteiger partial charge in [0.1, 0.15) is 17.3 Å². The van der Waals surface area contributed by atoms with Crippen LogP contribution in [0.5, 0.6) is 5.75 Å². The molecule has 22 heavy (non-hydrogen) atoms. The molecule has 1 amide bonds. The first-order valence-electron chi connectivity index (χ1n) is 6.60. The fourth-order valence-corrected chi connectivity index (χ4v) is 2.84. The molecule has 0 bridgehead atoms. The predicted octanol–water partition coefficient (Wildman–Crippen LogP) is 3.61. The number of benzene rings is 1. The van der Waals surface area contributed by atoms with E-state index < -0.39 is 0 Å². The highest BCUT2D eigenvalue weighted by molar-refractivity contribution is 9.10. The zero-order valence-electron chi connectivity index (χ0n) is 11.7. The van der Waals surface area contributed by atoms with Gasteiger partial charge < -0.3 is 14.5 Å². The van der Waals surface area contributed by atoms with Crippen LogP contribution in [0.15, 0.2) is 45.5 Å². The van der Waals surface area contributed by atoms with Crippen molar-refractivity contribution in [3.8, 4) is 5.75 Å². The maximum atomic E-state index is 12.9. The summed E-state index contributed by atoms with van der Waals surface area (Å²) in [4.78, 5) is 11.6. The summed E-state index contributed by atoms with van der Waals surface area (Å²) in [6.45, 7) is 0.450. The molecule has 7 heteroatoms. The third-order valence-electron chi connectivity index (χ3n) is 2.65. The van der Waals surface area contributed by atoms with E-state index >= 15 is 0 Å². The number of ether oxygens (including phenoxy) is 1. The highest BCUT2D eigenvalue weighted by atomic mass is 79.9. The van der Waals surface area contributed by atoms with Gasteiger partial charge in [0.2, 0.25) is 0 Å². The average molecular weight is 388 g/mol. The summed E-state index contributed by atoms with van der Waals surface area (Å²) < 4.78 is 23.9. The van der Waals surface area contributed by atoms with Crippen molar-refractivity contribution in [2.75, 3.05) is 18.9 Å². The Labute approximate surface area is 140 Å². The lowest BCUT2D eigenvalue weighted by Gasteiger charge is -2.08. The smallest absolute Gasteiger partial charge is 0.257 e. The molecule has 0 atom stereocenters. The second-order valence-electron chi connectivity index (χ2n) is 4.35. The molecule has 0 saturated carbocycles. The van der Waals surface area contributed by atoms with Crippen LogP contribution in [0.25, 0.3) is 0 Å². The molecule has 118 valence electrons. The van der Waals surface area contributed by atoms with Crippen molar-refractivity contribution in [2.24, 2.45) is 0 Å². The van der Waals surface area contributed by atoms with Gasteiger partial charge in [-0.25, -0.2) is 4.39 Å². The van der Waals surface area contributed by atoms with Gasteiger partial charge in [-0.3, -0.25) is 4.79 Å². The molecule has 2 rings (SSSR count). The lowest BCUT2D eigenvalue weighted by Crippen LogP contribution is -2.30. The third kappa shape index (κ3) is 5.73. The lowest BCUT2D eigenvalue weighted by atomic mass is 10.3. The van der Waals surface area contributed by atoms with Gasteiger partial charge in [0.15, 0.2) is 6.61 Å². The predicted molar refractivity (Wildman–Crippen MR) is 87.5 cm³/mol. The van der Waals surface area contributed by atoms with E-state index in [0.717, 1.165) is 17.3 Å². The van der Waals surface area contributed by atoms with E-state index in [4.69, 9.17) is 9.15 Å². The molecule has 4 nitrogen and oxygen atoms in total. The van der Waals surface area contributed by atoms with E-state index in [-0.39, 0.29) is 18.3 Å². The van der Waals surface area contributed by atoms with Crippen LogP contribution >= 0.6 is 27.7 Å². The van der Waals surface area contributed by atoms with E-state index in [0.29, 0.717) is 16.8 Å². The molecule has 0 aliphatic rings. The van der Waals surface area contributed by atoms with Crippen LogP contribution in [0.4, 0.5) is 4.39 Å². The van der Waals surface area contributed by atoms with Gasteiger partial charge in [0.05, 0.1) is 16.5 Å². The van der Waals surface area contributed by atoms with Crippen LogP contribution < -0.4 is 10.1 Å². The summed E-state index contributed by atoms with van der Waals surface area (Å²) in [5.74, 6) is 2.34. The van der Waals surface area contributed by atoms with Gasteiger partial charge in [-0.2, -0.15) is 11.8 Å². The van der Waals surface area contributed by atoms with Gasteiger partial charge in [-0.15, -0.1) is 0 Å². The zero-order valence-corrected chi connectivity index (χ0v) is 14.1. The number of nitrogens with one attached hydrogen (secondary N) is 1. The number of thioether (sulfide) groups is 1. The van der Waals surface area contributed by atoms with E-state index in [9.17, 15) is 9.18 Å². The van der Waals surface area contributed by atoms with Gasteiger partial charge in [0, 0.05) is 12.3 Å². The van der Waals surface area contributed by atoms with Gasteiger partial charge in [-0.05, 0) is 46.3 Å². The number of carbonyl (C=O) groups excluding carboxylic acids is 1. The van der Waals surface area contributed by atoms with E-state index in [2.05, 4.69) is 21.2 Å². The van der Waals surface area contributed by atoms with Gasteiger partial charge >= 0.3 is 0 Å². The first kappa shape index (κ1) is 16.9. The molecule has 0 radical (unpaired) electrons. The van der Waals surface area contributed by atoms with Crippen LogP contribution in [0.3, 0.4) is 0 Å². The van der Waals surface area contributed by atoms with E-state index in [1.165, 1.54) is 18.2 Å². The fraction of sp³-hybridized carbons (Fsp3) is 0.267. The molecule has 1 N–H and O–H groups in total. The maximum absolute atomic E-state index is 12.9. The minimum absolute atomic E-state index is 0.104. The molecule has 1 heterocycles. The molecule has 0 spiro atoms. The summed E-state index contributed by atoms with van der Waals surface area (Å²) >= 11 is 4.85. The van der Waals surface area contributed by atoms with Crippen molar-refractivity contribution in [1.29, 1.82) is 0 Å². The van der Waals surface area contributed by atoms with E-state index in [1.54, 1.807) is 18.0 Å². The summed E-state index contributed by atoms with van der Waals surface area (Å²) in [6, 6.07) is 7.82. The van der Waals surface area contributed by atoms with Crippen LogP contribution in [-0.4, -0.2) is 24.8 Å². The average Bonchev–Trinajstić information content (AvgIpc) is 2.99. The van der Waals surface area contributed by atoms with Crippen LogP contribution in [-0.2, 0) is 10.5 Å². The first-order valence-corrected chi connectivity index (χ1v) is 8.54. The molecule has 0 fully saturated rings. The molecule has 0 aliphatic carbocycles. The SMILES string of the molecule is O=C(COc1ccc(F)cc1Br)NCCSCc1ccco1. The summed E-state index contributed by atoms with van der Waals surface area (Å²) in [7, 11) is 0. The second-order valence-corrected chi connectivity index (χ2v) is 6.30. The highest BCUT2D eigenvalue weighted by Crippen LogP contribution is 2.25. The van der Waals surface area contributed by atoms with Crippen LogP contribution in [0.2, 0.25) is 0 Å². The van der Waals surface area contributed by atoms with Crippen molar-refractivity contribution in [3.05, 3.63) is 52.6 Å². The Morgan fingerprint density at radius 2 is 2.27 bits per heavy atom. The minimum atomic E-state index is -0.364. The normalized spacial score (nSPS) is 10.5. The van der Waals surface area contributed by atoms with Crippen LogP contribution in [0, 0.1) is 5.82 Å². The number of hydrogen-bond donors (Lipinski definition) is 1. The number of amides is 1. The Balaban J connectivity index is 1.59. The van der Waals surface area contributed by atoms with Crippen molar-refractivity contribution in [1.82, 2.24) is 5.32 Å². The monoisotopic (exact) mass is 387 g/mol. The third-order valence-corrected chi connectivity index (χ3v) is 4.25. The molecular weight excluding hydrogens is 373 g/mol. The molecule has 2 aromatic rings. The summed E-state index contributed by atoms with van der Waals surface area (Å²) in [6.07, 6.45) is 1.64. The number of hydrogen-bond acceptors (Lipinski definition) is 4. The Hall–Kier alpha value is -1.47. The quantitative estimate of drug-likeness (QED) is 0.702.